The molecule has 24 heavy (non-hydrogen) atoms. The molecular formula is C17H18N4O3. The first-order valence-corrected chi connectivity index (χ1v) is 8.01. The van der Waals surface area contributed by atoms with Crippen LogP contribution in [0.2, 0.25) is 0 Å². The standard InChI is InChI=1S/C17H18N4O3/c22-17(15-12-23-13-4-1-2-5-14(13)24-15)21-10-8-20(9-11-21)16-6-3-7-18-19-16/h1-7,15H,8-12H2. The lowest BCUT2D eigenvalue weighted by atomic mass is 10.2. The summed E-state index contributed by atoms with van der Waals surface area (Å²) in [5, 5.41) is 8.02. The minimum Gasteiger partial charge on any atom is -0.485 e. The number of anilines is 1. The summed E-state index contributed by atoms with van der Waals surface area (Å²) in [4.78, 5) is 16.6. The van der Waals surface area contributed by atoms with Gasteiger partial charge in [0.15, 0.2) is 17.3 Å². The van der Waals surface area contributed by atoms with Gasteiger partial charge in [0, 0.05) is 32.4 Å². The first-order valence-electron chi connectivity index (χ1n) is 8.01. The van der Waals surface area contributed by atoms with Crippen LogP contribution in [-0.2, 0) is 4.79 Å². The van der Waals surface area contributed by atoms with Gasteiger partial charge in [0.2, 0.25) is 6.10 Å². The predicted molar refractivity (Wildman–Crippen MR) is 87.2 cm³/mol. The molecule has 124 valence electrons. The van der Waals surface area contributed by atoms with E-state index in [4.69, 9.17) is 9.47 Å². The fourth-order valence-electron chi connectivity index (χ4n) is 2.96. The highest BCUT2D eigenvalue weighted by atomic mass is 16.6. The Morgan fingerprint density at radius 1 is 1.04 bits per heavy atom. The predicted octanol–water partition coefficient (Wildman–Crippen LogP) is 0.965. The van der Waals surface area contributed by atoms with Crippen LogP contribution in [0.25, 0.3) is 0 Å². The Balaban J connectivity index is 1.37. The zero-order chi connectivity index (χ0) is 16.4. The SMILES string of the molecule is O=C(C1COc2ccccc2O1)N1CCN(c2cccnn2)CC1. The fourth-order valence-corrected chi connectivity index (χ4v) is 2.96. The summed E-state index contributed by atoms with van der Waals surface area (Å²) in [6.45, 7) is 2.98. The molecule has 0 radical (unpaired) electrons. The number of rotatable bonds is 2. The number of carbonyl (C=O) groups is 1. The summed E-state index contributed by atoms with van der Waals surface area (Å²) in [6, 6.07) is 11.2. The molecule has 1 fully saturated rings. The van der Waals surface area contributed by atoms with Crippen molar-refractivity contribution in [3.8, 4) is 11.5 Å². The van der Waals surface area contributed by atoms with Crippen LogP contribution >= 0.6 is 0 Å². The smallest absolute Gasteiger partial charge is 0.267 e. The average molecular weight is 326 g/mol. The van der Waals surface area contributed by atoms with Gasteiger partial charge < -0.3 is 19.3 Å². The molecule has 1 atom stereocenters. The lowest BCUT2D eigenvalue weighted by molar-refractivity contribution is -0.141. The molecule has 1 amide bonds. The van der Waals surface area contributed by atoms with Crippen molar-refractivity contribution >= 4 is 11.7 Å². The van der Waals surface area contributed by atoms with Crippen LogP contribution in [-0.4, -0.2) is 59.9 Å². The van der Waals surface area contributed by atoms with E-state index in [-0.39, 0.29) is 12.5 Å². The van der Waals surface area contributed by atoms with Crippen LogP contribution in [0.15, 0.2) is 42.6 Å². The quantitative estimate of drug-likeness (QED) is 0.819. The summed E-state index contributed by atoms with van der Waals surface area (Å²) in [7, 11) is 0. The number of carbonyl (C=O) groups excluding carboxylic acids is 1. The van der Waals surface area contributed by atoms with Crippen molar-refractivity contribution in [1.82, 2.24) is 15.1 Å². The number of ether oxygens (including phenoxy) is 2. The van der Waals surface area contributed by atoms with Crippen molar-refractivity contribution in [2.24, 2.45) is 0 Å². The molecule has 0 bridgehead atoms. The van der Waals surface area contributed by atoms with Gasteiger partial charge in [-0.25, -0.2) is 0 Å². The number of piperazine rings is 1. The van der Waals surface area contributed by atoms with E-state index < -0.39 is 6.10 Å². The molecule has 0 aliphatic carbocycles. The molecule has 1 aromatic carbocycles. The van der Waals surface area contributed by atoms with E-state index in [2.05, 4.69) is 15.1 Å². The molecule has 1 unspecified atom stereocenters. The molecule has 0 saturated carbocycles. The zero-order valence-electron chi connectivity index (χ0n) is 13.2. The van der Waals surface area contributed by atoms with Crippen molar-refractivity contribution in [2.75, 3.05) is 37.7 Å². The van der Waals surface area contributed by atoms with Crippen LogP contribution in [0.1, 0.15) is 0 Å². The molecule has 1 aromatic heterocycles. The largest absolute Gasteiger partial charge is 0.485 e. The van der Waals surface area contributed by atoms with E-state index in [9.17, 15) is 4.79 Å². The van der Waals surface area contributed by atoms with E-state index in [1.165, 1.54) is 0 Å². The van der Waals surface area contributed by atoms with Gasteiger partial charge in [0.1, 0.15) is 6.61 Å². The van der Waals surface area contributed by atoms with Crippen molar-refractivity contribution < 1.29 is 14.3 Å². The summed E-state index contributed by atoms with van der Waals surface area (Å²) in [6.07, 6.45) is 1.07. The van der Waals surface area contributed by atoms with Crippen LogP contribution in [0.5, 0.6) is 11.5 Å². The average Bonchev–Trinajstić information content (AvgIpc) is 2.68. The third-order valence-electron chi connectivity index (χ3n) is 4.26. The van der Waals surface area contributed by atoms with Crippen molar-refractivity contribution in [3.05, 3.63) is 42.6 Å². The van der Waals surface area contributed by atoms with Crippen LogP contribution < -0.4 is 14.4 Å². The van der Waals surface area contributed by atoms with Crippen LogP contribution in [0.3, 0.4) is 0 Å². The fraction of sp³-hybridized carbons (Fsp3) is 0.353. The summed E-state index contributed by atoms with van der Waals surface area (Å²) in [5.41, 5.74) is 0. The second-order valence-electron chi connectivity index (χ2n) is 5.76. The molecule has 0 N–H and O–H groups in total. The monoisotopic (exact) mass is 326 g/mol. The maximum absolute atomic E-state index is 12.7. The molecule has 1 saturated heterocycles. The number of para-hydroxylation sites is 2. The van der Waals surface area contributed by atoms with Crippen LogP contribution in [0, 0.1) is 0 Å². The topological polar surface area (TPSA) is 67.8 Å². The second-order valence-corrected chi connectivity index (χ2v) is 5.76. The van der Waals surface area contributed by atoms with Crippen molar-refractivity contribution in [1.29, 1.82) is 0 Å². The summed E-state index contributed by atoms with van der Waals surface area (Å²) in [5.74, 6) is 2.13. The van der Waals surface area contributed by atoms with Gasteiger partial charge in [-0.15, -0.1) is 5.10 Å². The third-order valence-corrected chi connectivity index (χ3v) is 4.26. The first-order chi connectivity index (χ1) is 11.8. The highest BCUT2D eigenvalue weighted by molar-refractivity contribution is 5.82. The van der Waals surface area contributed by atoms with Gasteiger partial charge in [-0.05, 0) is 24.3 Å². The Labute approximate surface area is 139 Å². The van der Waals surface area contributed by atoms with E-state index in [1.54, 1.807) is 6.20 Å². The lowest BCUT2D eigenvalue weighted by Gasteiger charge is -2.37. The van der Waals surface area contributed by atoms with E-state index in [0.29, 0.717) is 24.6 Å². The Bertz CT molecular complexity index is 717. The lowest BCUT2D eigenvalue weighted by Crippen LogP contribution is -2.54. The molecule has 2 aliphatic heterocycles. The van der Waals surface area contributed by atoms with E-state index >= 15 is 0 Å². The Morgan fingerprint density at radius 3 is 2.58 bits per heavy atom. The van der Waals surface area contributed by atoms with Crippen LogP contribution in [0.4, 0.5) is 5.82 Å². The Morgan fingerprint density at radius 2 is 1.83 bits per heavy atom. The maximum atomic E-state index is 12.7. The highest BCUT2D eigenvalue weighted by Crippen LogP contribution is 2.31. The van der Waals surface area contributed by atoms with Gasteiger partial charge in [-0.1, -0.05) is 12.1 Å². The number of hydrogen-bond acceptors (Lipinski definition) is 6. The minimum absolute atomic E-state index is 0.0247. The summed E-state index contributed by atoms with van der Waals surface area (Å²) < 4.78 is 11.4. The van der Waals surface area contributed by atoms with Gasteiger partial charge in [-0.2, -0.15) is 5.10 Å². The van der Waals surface area contributed by atoms with Crippen molar-refractivity contribution in [3.63, 3.8) is 0 Å². The molecular weight excluding hydrogens is 308 g/mol. The number of hydrogen-bond donors (Lipinski definition) is 0. The number of aromatic nitrogens is 2. The summed E-state index contributed by atoms with van der Waals surface area (Å²) >= 11 is 0. The normalized spacial score (nSPS) is 19.9. The molecule has 7 nitrogen and oxygen atoms in total. The molecule has 4 rings (SSSR count). The molecule has 2 aliphatic rings. The van der Waals surface area contributed by atoms with Gasteiger partial charge in [0.25, 0.3) is 5.91 Å². The number of benzene rings is 1. The first kappa shape index (κ1) is 14.7. The Kier molecular flexibility index (Phi) is 3.90. The molecule has 3 heterocycles. The maximum Gasteiger partial charge on any atom is 0.267 e. The second kappa shape index (κ2) is 6.35. The third kappa shape index (κ3) is 2.84. The molecule has 2 aromatic rings. The number of fused-ring (bicyclic) bond motifs is 1. The van der Waals surface area contributed by atoms with Crippen molar-refractivity contribution in [2.45, 2.75) is 6.10 Å². The van der Waals surface area contributed by atoms with Gasteiger partial charge >= 0.3 is 0 Å². The van der Waals surface area contributed by atoms with Gasteiger partial charge in [0.05, 0.1) is 0 Å². The molecule has 0 spiro atoms. The zero-order valence-corrected chi connectivity index (χ0v) is 13.2. The number of amides is 1. The van der Waals surface area contributed by atoms with E-state index in [0.717, 1.165) is 18.9 Å². The Hall–Kier alpha value is -2.83. The van der Waals surface area contributed by atoms with Gasteiger partial charge in [-0.3, -0.25) is 4.79 Å². The molecule has 7 heteroatoms. The minimum atomic E-state index is -0.581. The van der Waals surface area contributed by atoms with E-state index in [1.807, 2.05) is 41.3 Å². The number of nitrogens with zero attached hydrogens (tertiary/aromatic N) is 4. The highest BCUT2D eigenvalue weighted by Gasteiger charge is 2.32.